The van der Waals surface area contributed by atoms with Crippen LogP contribution in [0.2, 0.25) is 0 Å². The Hall–Kier alpha value is -1.27. The molecule has 0 aliphatic carbocycles. The van der Waals surface area contributed by atoms with Gasteiger partial charge in [-0.15, -0.1) is 6.42 Å². The fourth-order valence-electron chi connectivity index (χ4n) is 1.33. The number of hydrogen-bond donors (Lipinski definition) is 0. The van der Waals surface area contributed by atoms with Gasteiger partial charge in [0.1, 0.15) is 6.61 Å². The summed E-state index contributed by atoms with van der Waals surface area (Å²) in [5.74, 6) is 4.44. The quantitative estimate of drug-likeness (QED) is 0.470. The number of morpholine rings is 1. The second kappa shape index (κ2) is 5.46. The molecular weight excluding hydrogens is 182 g/mol. The van der Waals surface area contributed by atoms with E-state index in [1.807, 2.05) is 11.8 Å². The standard InChI is InChI=1S/C10H13NO3/c1-3-5-11-6-7-14-9(8-12)10(11)13-4-2/h1,10H,4-7H2,2H3/t10-/m0/s1. The Labute approximate surface area is 83.5 Å². The first-order valence-corrected chi connectivity index (χ1v) is 4.50. The molecule has 0 aromatic carbocycles. The molecule has 1 aliphatic heterocycles. The highest BCUT2D eigenvalue weighted by Gasteiger charge is 2.28. The minimum Gasteiger partial charge on any atom is -0.482 e. The third-order valence-corrected chi connectivity index (χ3v) is 1.91. The van der Waals surface area contributed by atoms with E-state index in [0.29, 0.717) is 26.3 Å². The van der Waals surface area contributed by atoms with Crippen molar-refractivity contribution < 1.29 is 14.3 Å². The van der Waals surface area contributed by atoms with Crippen molar-refractivity contribution in [2.24, 2.45) is 0 Å². The van der Waals surface area contributed by atoms with Crippen molar-refractivity contribution in [1.82, 2.24) is 4.90 Å². The smallest absolute Gasteiger partial charge is 0.224 e. The van der Waals surface area contributed by atoms with E-state index in [2.05, 4.69) is 5.92 Å². The molecule has 0 radical (unpaired) electrons. The van der Waals surface area contributed by atoms with Gasteiger partial charge < -0.3 is 9.47 Å². The molecule has 1 aliphatic rings. The van der Waals surface area contributed by atoms with Crippen LogP contribution in [0.5, 0.6) is 0 Å². The second-order valence-electron chi connectivity index (χ2n) is 2.80. The van der Waals surface area contributed by atoms with Crippen LogP contribution in [-0.2, 0) is 14.3 Å². The van der Waals surface area contributed by atoms with Gasteiger partial charge in [-0.2, -0.15) is 0 Å². The Morgan fingerprint density at radius 2 is 2.57 bits per heavy atom. The second-order valence-corrected chi connectivity index (χ2v) is 2.80. The Morgan fingerprint density at radius 3 is 3.14 bits per heavy atom. The van der Waals surface area contributed by atoms with Crippen molar-refractivity contribution in [3.05, 3.63) is 5.76 Å². The van der Waals surface area contributed by atoms with Crippen LogP contribution in [0, 0.1) is 12.3 Å². The predicted molar refractivity (Wildman–Crippen MR) is 51.0 cm³/mol. The number of carbonyl (C=O) groups excluding carboxylic acids is 1. The molecule has 0 unspecified atom stereocenters. The van der Waals surface area contributed by atoms with Crippen LogP contribution >= 0.6 is 0 Å². The average Bonchev–Trinajstić information content (AvgIpc) is 2.21. The summed E-state index contributed by atoms with van der Waals surface area (Å²) in [5, 5.41) is 0. The van der Waals surface area contributed by atoms with E-state index in [1.54, 1.807) is 5.94 Å². The zero-order valence-electron chi connectivity index (χ0n) is 8.16. The first-order chi connectivity index (χ1) is 6.83. The normalized spacial score (nSPS) is 22.3. The lowest BCUT2D eigenvalue weighted by atomic mass is 10.3. The molecule has 1 atom stereocenters. The Balaban J connectivity index is 2.73. The molecule has 1 rings (SSSR count). The predicted octanol–water partition coefficient (Wildman–Crippen LogP) is 0.0299. The van der Waals surface area contributed by atoms with E-state index in [0.717, 1.165) is 0 Å². The zero-order chi connectivity index (χ0) is 10.4. The molecule has 4 heteroatoms. The number of terminal acetylenes is 1. The van der Waals surface area contributed by atoms with Crippen LogP contribution < -0.4 is 0 Å². The minimum absolute atomic E-state index is 0.188. The summed E-state index contributed by atoms with van der Waals surface area (Å²) in [4.78, 5) is 12.4. The Kier molecular flexibility index (Phi) is 4.21. The first-order valence-electron chi connectivity index (χ1n) is 4.50. The first kappa shape index (κ1) is 10.8. The summed E-state index contributed by atoms with van der Waals surface area (Å²) in [6.45, 7) is 3.92. The van der Waals surface area contributed by atoms with Crippen LogP contribution in [-0.4, -0.2) is 43.4 Å². The molecule has 0 aromatic heterocycles. The molecule has 4 nitrogen and oxygen atoms in total. The molecule has 0 saturated carbocycles. The molecule has 0 N–H and O–H groups in total. The van der Waals surface area contributed by atoms with Gasteiger partial charge in [-0.1, -0.05) is 5.92 Å². The molecule has 76 valence electrons. The van der Waals surface area contributed by atoms with Crippen LogP contribution in [0.3, 0.4) is 0 Å². The Morgan fingerprint density at radius 1 is 1.79 bits per heavy atom. The van der Waals surface area contributed by atoms with E-state index < -0.39 is 6.23 Å². The van der Waals surface area contributed by atoms with Gasteiger partial charge in [0.15, 0.2) is 12.2 Å². The Bertz CT molecular complexity index is 276. The van der Waals surface area contributed by atoms with E-state index in [4.69, 9.17) is 15.9 Å². The van der Waals surface area contributed by atoms with Crippen molar-refractivity contribution >= 4 is 5.94 Å². The maximum atomic E-state index is 10.5. The van der Waals surface area contributed by atoms with Gasteiger partial charge >= 0.3 is 0 Å². The summed E-state index contributed by atoms with van der Waals surface area (Å²) in [6, 6.07) is 0. The zero-order valence-corrected chi connectivity index (χ0v) is 8.16. The lowest BCUT2D eigenvalue weighted by Crippen LogP contribution is -2.46. The van der Waals surface area contributed by atoms with E-state index >= 15 is 0 Å². The highest BCUT2D eigenvalue weighted by atomic mass is 16.6. The highest BCUT2D eigenvalue weighted by Crippen LogP contribution is 2.15. The number of ether oxygens (including phenoxy) is 2. The van der Waals surface area contributed by atoms with Gasteiger partial charge in [-0.3, -0.25) is 4.90 Å². The SMILES string of the molecule is C#CCN1CCOC(=C=O)[C@@H]1OCC. The molecule has 1 saturated heterocycles. The van der Waals surface area contributed by atoms with Gasteiger partial charge in [0, 0.05) is 13.2 Å². The minimum atomic E-state index is -0.470. The fraction of sp³-hybridized carbons (Fsp3) is 0.600. The number of nitrogens with zero attached hydrogens (tertiary/aromatic N) is 1. The van der Waals surface area contributed by atoms with Crippen LogP contribution in [0.25, 0.3) is 0 Å². The van der Waals surface area contributed by atoms with Gasteiger partial charge in [-0.25, -0.2) is 4.79 Å². The highest BCUT2D eigenvalue weighted by molar-refractivity contribution is 5.51. The van der Waals surface area contributed by atoms with Gasteiger partial charge in [0.05, 0.1) is 6.54 Å². The van der Waals surface area contributed by atoms with Crippen molar-refractivity contribution in [2.45, 2.75) is 13.2 Å². The van der Waals surface area contributed by atoms with E-state index in [9.17, 15) is 4.79 Å². The van der Waals surface area contributed by atoms with Gasteiger partial charge in [0.25, 0.3) is 0 Å². The van der Waals surface area contributed by atoms with Crippen molar-refractivity contribution in [3.63, 3.8) is 0 Å². The summed E-state index contributed by atoms with van der Waals surface area (Å²) in [7, 11) is 0. The molecule has 0 bridgehead atoms. The summed E-state index contributed by atoms with van der Waals surface area (Å²) < 4.78 is 10.5. The van der Waals surface area contributed by atoms with Crippen molar-refractivity contribution in [1.29, 1.82) is 0 Å². The molecule has 14 heavy (non-hydrogen) atoms. The monoisotopic (exact) mass is 195 g/mol. The fourth-order valence-corrected chi connectivity index (χ4v) is 1.33. The third kappa shape index (κ3) is 2.36. The number of hydrogen-bond acceptors (Lipinski definition) is 4. The van der Waals surface area contributed by atoms with E-state index in [1.165, 1.54) is 0 Å². The summed E-state index contributed by atoms with van der Waals surface area (Å²) in [5.41, 5.74) is 0. The van der Waals surface area contributed by atoms with Crippen LogP contribution in [0.15, 0.2) is 5.76 Å². The van der Waals surface area contributed by atoms with Crippen LogP contribution in [0.4, 0.5) is 0 Å². The summed E-state index contributed by atoms with van der Waals surface area (Å²) >= 11 is 0. The lowest BCUT2D eigenvalue weighted by Gasteiger charge is -2.33. The number of rotatable bonds is 3. The van der Waals surface area contributed by atoms with Crippen LogP contribution in [0.1, 0.15) is 6.92 Å². The molecule has 0 aromatic rings. The van der Waals surface area contributed by atoms with Crippen molar-refractivity contribution in [2.75, 3.05) is 26.3 Å². The molecule has 1 fully saturated rings. The van der Waals surface area contributed by atoms with Crippen molar-refractivity contribution in [3.8, 4) is 12.3 Å². The topological polar surface area (TPSA) is 38.8 Å². The average molecular weight is 195 g/mol. The third-order valence-electron chi connectivity index (χ3n) is 1.91. The summed E-state index contributed by atoms with van der Waals surface area (Å²) in [6.07, 6.45) is 4.74. The maximum Gasteiger partial charge on any atom is 0.224 e. The molecular formula is C10H13NO3. The molecule has 0 amide bonds. The van der Waals surface area contributed by atoms with Gasteiger partial charge in [0.2, 0.25) is 5.76 Å². The van der Waals surface area contributed by atoms with E-state index in [-0.39, 0.29) is 5.76 Å². The molecule has 1 heterocycles. The molecule has 0 spiro atoms. The maximum absolute atomic E-state index is 10.5. The largest absolute Gasteiger partial charge is 0.482 e. The lowest BCUT2D eigenvalue weighted by molar-refractivity contribution is -0.0894. The van der Waals surface area contributed by atoms with Gasteiger partial charge in [-0.05, 0) is 6.92 Å².